The van der Waals surface area contributed by atoms with Gasteiger partial charge in [-0.15, -0.1) is 0 Å². The number of hydrogen-bond donors (Lipinski definition) is 1. The van der Waals surface area contributed by atoms with Crippen LogP contribution in [-0.4, -0.2) is 60.0 Å². The molecule has 146 valence electrons. The summed E-state index contributed by atoms with van der Waals surface area (Å²) in [5.41, 5.74) is 2.21. The van der Waals surface area contributed by atoms with Gasteiger partial charge in [0.1, 0.15) is 0 Å². The second kappa shape index (κ2) is 8.85. The summed E-state index contributed by atoms with van der Waals surface area (Å²) < 4.78 is 8.52. The third-order valence-electron chi connectivity index (χ3n) is 5.82. The molecule has 26 heavy (non-hydrogen) atoms. The molecule has 2 aliphatic rings. The van der Waals surface area contributed by atoms with Gasteiger partial charge in [-0.05, 0) is 68.6 Å². The standard InChI is InChI=1S/C19H31BrN4O2/c1-15-18(20)16(2)24(22-15)10-5-17(25)21-13-19(6-11-26-12-7-19)14-23-8-3-4-9-23/h3-14H2,1-2H3,(H,21,25). The van der Waals surface area contributed by atoms with E-state index in [9.17, 15) is 4.79 Å². The second-order valence-electron chi connectivity index (χ2n) is 7.83. The van der Waals surface area contributed by atoms with E-state index in [1.807, 2.05) is 18.5 Å². The summed E-state index contributed by atoms with van der Waals surface area (Å²) in [6, 6.07) is 0. The maximum absolute atomic E-state index is 12.4. The molecule has 7 heteroatoms. The van der Waals surface area contributed by atoms with Crippen LogP contribution in [0.2, 0.25) is 0 Å². The molecule has 0 bridgehead atoms. The Balaban J connectivity index is 1.51. The SMILES string of the molecule is Cc1nn(CCC(=O)NCC2(CN3CCCC3)CCOCC2)c(C)c1Br. The molecular weight excluding hydrogens is 396 g/mol. The molecule has 1 aromatic heterocycles. The van der Waals surface area contributed by atoms with Crippen LogP contribution in [0.1, 0.15) is 43.5 Å². The van der Waals surface area contributed by atoms with Crippen LogP contribution < -0.4 is 5.32 Å². The third-order valence-corrected chi connectivity index (χ3v) is 6.96. The molecule has 1 aromatic rings. The van der Waals surface area contributed by atoms with E-state index in [-0.39, 0.29) is 11.3 Å². The first-order valence-electron chi connectivity index (χ1n) is 9.75. The van der Waals surface area contributed by atoms with Gasteiger partial charge in [0.05, 0.1) is 16.7 Å². The van der Waals surface area contributed by atoms with Gasteiger partial charge in [0.2, 0.25) is 5.91 Å². The predicted molar refractivity (Wildman–Crippen MR) is 105 cm³/mol. The van der Waals surface area contributed by atoms with Crippen LogP contribution in [0.3, 0.4) is 0 Å². The van der Waals surface area contributed by atoms with E-state index in [0.29, 0.717) is 13.0 Å². The second-order valence-corrected chi connectivity index (χ2v) is 8.62. The van der Waals surface area contributed by atoms with Gasteiger partial charge < -0.3 is 15.0 Å². The lowest BCUT2D eigenvalue weighted by atomic mass is 9.79. The predicted octanol–water partition coefficient (Wildman–Crippen LogP) is 2.66. The number of rotatable bonds is 7. The van der Waals surface area contributed by atoms with Crippen molar-refractivity contribution in [2.45, 2.75) is 52.5 Å². The van der Waals surface area contributed by atoms with E-state index in [4.69, 9.17) is 4.74 Å². The quantitative estimate of drug-likeness (QED) is 0.727. The van der Waals surface area contributed by atoms with Crippen molar-refractivity contribution in [2.75, 3.05) is 39.4 Å². The fourth-order valence-electron chi connectivity index (χ4n) is 4.08. The number of aryl methyl sites for hydroxylation is 2. The molecule has 0 aliphatic carbocycles. The third kappa shape index (κ3) is 4.87. The van der Waals surface area contributed by atoms with E-state index >= 15 is 0 Å². The molecule has 1 amide bonds. The highest BCUT2D eigenvalue weighted by Gasteiger charge is 2.35. The molecule has 2 fully saturated rings. The monoisotopic (exact) mass is 426 g/mol. The molecule has 2 saturated heterocycles. The lowest BCUT2D eigenvalue weighted by Gasteiger charge is -2.40. The van der Waals surface area contributed by atoms with Crippen molar-refractivity contribution in [1.82, 2.24) is 20.0 Å². The first kappa shape index (κ1) is 19.8. The molecule has 0 radical (unpaired) electrons. The summed E-state index contributed by atoms with van der Waals surface area (Å²) >= 11 is 3.54. The van der Waals surface area contributed by atoms with Gasteiger partial charge in [-0.2, -0.15) is 5.10 Å². The Morgan fingerprint density at radius 1 is 1.27 bits per heavy atom. The highest BCUT2D eigenvalue weighted by Crippen LogP contribution is 2.32. The Bertz CT molecular complexity index is 619. The van der Waals surface area contributed by atoms with Crippen LogP contribution in [0, 0.1) is 19.3 Å². The van der Waals surface area contributed by atoms with Crippen molar-refractivity contribution in [3.63, 3.8) is 0 Å². The average Bonchev–Trinajstić information content (AvgIpc) is 3.23. The van der Waals surface area contributed by atoms with Gasteiger partial charge in [0.25, 0.3) is 0 Å². The van der Waals surface area contributed by atoms with Crippen LogP contribution in [0.25, 0.3) is 0 Å². The molecule has 0 saturated carbocycles. The van der Waals surface area contributed by atoms with Gasteiger partial charge in [-0.1, -0.05) is 0 Å². The van der Waals surface area contributed by atoms with Crippen LogP contribution >= 0.6 is 15.9 Å². The number of aromatic nitrogens is 2. The number of carbonyl (C=O) groups is 1. The normalized spacial score (nSPS) is 20.4. The van der Waals surface area contributed by atoms with Gasteiger partial charge in [0.15, 0.2) is 0 Å². The van der Waals surface area contributed by atoms with Gasteiger partial charge in [-0.25, -0.2) is 0 Å². The van der Waals surface area contributed by atoms with Crippen molar-refractivity contribution in [3.05, 3.63) is 15.9 Å². The first-order valence-corrected chi connectivity index (χ1v) is 10.5. The lowest BCUT2D eigenvalue weighted by molar-refractivity contribution is -0.122. The molecule has 3 heterocycles. The number of likely N-dealkylation sites (tertiary alicyclic amines) is 1. The van der Waals surface area contributed by atoms with E-state index in [0.717, 1.165) is 55.0 Å². The smallest absolute Gasteiger partial charge is 0.221 e. The van der Waals surface area contributed by atoms with Gasteiger partial charge in [0, 0.05) is 43.8 Å². The number of halogens is 1. The number of carbonyl (C=O) groups excluding carboxylic acids is 1. The minimum atomic E-state index is 0.112. The molecular formula is C19H31BrN4O2. The van der Waals surface area contributed by atoms with Gasteiger partial charge >= 0.3 is 0 Å². The molecule has 6 nitrogen and oxygen atoms in total. The molecule has 0 atom stereocenters. The maximum Gasteiger partial charge on any atom is 0.221 e. The van der Waals surface area contributed by atoms with Crippen molar-refractivity contribution < 1.29 is 9.53 Å². The Morgan fingerprint density at radius 2 is 1.96 bits per heavy atom. The lowest BCUT2D eigenvalue weighted by Crippen LogP contribution is -2.48. The Morgan fingerprint density at radius 3 is 2.58 bits per heavy atom. The minimum Gasteiger partial charge on any atom is -0.381 e. The van der Waals surface area contributed by atoms with E-state index < -0.39 is 0 Å². The zero-order chi connectivity index (χ0) is 18.6. The van der Waals surface area contributed by atoms with Crippen molar-refractivity contribution in [2.24, 2.45) is 5.41 Å². The zero-order valence-corrected chi connectivity index (χ0v) is 17.6. The maximum atomic E-state index is 12.4. The van der Waals surface area contributed by atoms with Crippen LogP contribution in [0.5, 0.6) is 0 Å². The van der Waals surface area contributed by atoms with E-state index in [1.165, 1.54) is 25.9 Å². The van der Waals surface area contributed by atoms with Crippen LogP contribution in [0.4, 0.5) is 0 Å². The first-order chi connectivity index (χ1) is 12.5. The molecule has 0 spiro atoms. The summed E-state index contributed by atoms with van der Waals surface area (Å²) in [5, 5.41) is 7.68. The molecule has 0 aromatic carbocycles. The molecule has 3 rings (SSSR count). The Hall–Kier alpha value is -0.920. The molecule has 1 N–H and O–H groups in total. The number of hydrogen-bond acceptors (Lipinski definition) is 4. The van der Waals surface area contributed by atoms with E-state index in [1.54, 1.807) is 0 Å². The zero-order valence-electron chi connectivity index (χ0n) is 16.0. The van der Waals surface area contributed by atoms with Crippen LogP contribution in [-0.2, 0) is 16.1 Å². The number of amides is 1. The van der Waals surface area contributed by atoms with Crippen LogP contribution in [0.15, 0.2) is 4.47 Å². The Kier molecular flexibility index (Phi) is 6.75. The summed E-state index contributed by atoms with van der Waals surface area (Å²) in [4.78, 5) is 15.0. The summed E-state index contributed by atoms with van der Waals surface area (Å²) in [7, 11) is 0. The topological polar surface area (TPSA) is 59.4 Å². The highest BCUT2D eigenvalue weighted by atomic mass is 79.9. The van der Waals surface area contributed by atoms with Crippen molar-refractivity contribution in [1.29, 1.82) is 0 Å². The number of ether oxygens (including phenoxy) is 1. The van der Waals surface area contributed by atoms with E-state index in [2.05, 4.69) is 31.2 Å². The number of nitrogens with one attached hydrogen (secondary N) is 1. The average molecular weight is 427 g/mol. The van der Waals surface area contributed by atoms with Crippen molar-refractivity contribution >= 4 is 21.8 Å². The minimum absolute atomic E-state index is 0.112. The van der Waals surface area contributed by atoms with Gasteiger partial charge in [-0.3, -0.25) is 9.48 Å². The summed E-state index contributed by atoms with van der Waals surface area (Å²) in [6.07, 6.45) is 5.14. The number of nitrogens with zero attached hydrogens (tertiary/aromatic N) is 3. The Labute approximate surface area is 164 Å². The molecule has 0 unspecified atom stereocenters. The molecule has 2 aliphatic heterocycles. The van der Waals surface area contributed by atoms with Crippen molar-refractivity contribution in [3.8, 4) is 0 Å². The fourth-order valence-corrected chi connectivity index (χ4v) is 4.37. The fraction of sp³-hybridized carbons (Fsp3) is 0.789. The largest absolute Gasteiger partial charge is 0.381 e. The summed E-state index contributed by atoms with van der Waals surface area (Å²) in [6.45, 7) is 10.5. The highest BCUT2D eigenvalue weighted by molar-refractivity contribution is 9.10. The summed E-state index contributed by atoms with van der Waals surface area (Å²) in [5.74, 6) is 0.112.